The zero-order valence-electron chi connectivity index (χ0n) is 12.0. The predicted molar refractivity (Wildman–Crippen MR) is 76.3 cm³/mol. The third-order valence-electron chi connectivity index (χ3n) is 2.91. The molecule has 0 atom stereocenters. The molecular formula is C14H24N2O3. The van der Waals surface area contributed by atoms with E-state index in [2.05, 4.69) is 5.32 Å². The molecule has 0 radical (unpaired) electrons. The second-order valence-electron chi connectivity index (χ2n) is 4.14. The molecule has 1 aromatic rings. The first-order valence-electron chi connectivity index (χ1n) is 6.47. The van der Waals surface area contributed by atoms with Gasteiger partial charge < -0.3 is 25.3 Å². The molecule has 19 heavy (non-hydrogen) atoms. The Morgan fingerprint density at radius 1 is 1.00 bits per heavy atom. The van der Waals surface area contributed by atoms with E-state index >= 15 is 0 Å². The average Bonchev–Trinajstić information content (AvgIpc) is 2.45. The number of nitrogens with two attached hydrogens (primary N) is 1. The summed E-state index contributed by atoms with van der Waals surface area (Å²) in [5, 5.41) is 3.27. The van der Waals surface area contributed by atoms with E-state index in [1.807, 2.05) is 12.1 Å². The summed E-state index contributed by atoms with van der Waals surface area (Å²) in [7, 11) is 4.88. The lowest BCUT2D eigenvalue weighted by Gasteiger charge is -2.15. The Labute approximate surface area is 115 Å². The molecule has 5 heteroatoms. The van der Waals surface area contributed by atoms with Crippen LogP contribution in [-0.2, 0) is 6.42 Å². The Morgan fingerprint density at radius 3 is 2.32 bits per heavy atom. The molecule has 0 amide bonds. The Balaban J connectivity index is 2.72. The summed E-state index contributed by atoms with van der Waals surface area (Å²) in [5.74, 6) is 2.09. The van der Waals surface area contributed by atoms with Gasteiger partial charge >= 0.3 is 0 Å². The maximum Gasteiger partial charge on any atom is 0.203 e. The van der Waals surface area contributed by atoms with Crippen molar-refractivity contribution < 1.29 is 14.2 Å². The normalized spacial score (nSPS) is 10.3. The molecule has 0 heterocycles. The highest BCUT2D eigenvalue weighted by atomic mass is 16.5. The summed E-state index contributed by atoms with van der Waals surface area (Å²) in [4.78, 5) is 0. The van der Waals surface area contributed by atoms with Gasteiger partial charge in [0.05, 0.1) is 21.3 Å². The molecule has 1 rings (SSSR count). The van der Waals surface area contributed by atoms with Crippen LogP contribution in [0.2, 0.25) is 0 Å². The minimum Gasteiger partial charge on any atom is -0.493 e. The van der Waals surface area contributed by atoms with Crippen LogP contribution in [0.25, 0.3) is 0 Å². The number of aryl methyl sites for hydroxylation is 1. The van der Waals surface area contributed by atoms with Crippen molar-refractivity contribution in [2.45, 2.75) is 12.8 Å². The number of nitrogens with one attached hydrogen (secondary N) is 1. The van der Waals surface area contributed by atoms with Gasteiger partial charge in [-0.1, -0.05) is 6.07 Å². The molecule has 0 unspecified atom stereocenters. The van der Waals surface area contributed by atoms with E-state index in [1.165, 1.54) is 0 Å². The topological polar surface area (TPSA) is 65.7 Å². The standard InChI is InChI=1S/C14H24N2O3/c1-17-12-7-6-11(5-4-9-16-10-8-15)13(18-2)14(12)19-3/h6-7,16H,4-5,8-10,15H2,1-3H3. The van der Waals surface area contributed by atoms with Crippen LogP contribution < -0.4 is 25.3 Å². The van der Waals surface area contributed by atoms with Gasteiger partial charge in [-0.15, -0.1) is 0 Å². The third-order valence-corrected chi connectivity index (χ3v) is 2.91. The van der Waals surface area contributed by atoms with Crippen LogP contribution in [0, 0.1) is 0 Å². The fourth-order valence-electron chi connectivity index (χ4n) is 1.99. The quantitative estimate of drug-likeness (QED) is 0.659. The fourth-order valence-corrected chi connectivity index (χ4v) is 1.99. The van der Waals surface area contributed by atoms with Crippen LogP contribution in [-0.4, -0.2) is 41.0 Å². The summed E-state index contributed by atoms with van der Waals surface area (Å²) in [6.07, 6.45) is 1.94. The molecule has 5 nitrogen and oxygen atoms in total. The molecule has 0 saturated carbocycles. The van der Waals surface area contributed by atoms with Gasteiger partial charge in [0.15, 0.2) is 11.5 Å². The lowest BCUT2D eigenvalue weighted by molar-refractivity contribution is 0.322. The number of hydrogen-bond acceptors (Lipinski definition) is 5. The van der Waals surface area contributed by atoms with Gasteiger partial charge in [-0.25, -0.2) is 0 Å². The molecule has 108 valence electrons. The van der Waals surface area contributed by atoms with Gasteiger partial charge in [0.2, 0.25) is 5.75 Å². The summed E-state index contributed by atoms with van der Waals surface area (Å²) in [5.41, 5.74) is 6.54. The minimum atomic E-state index is 0.650. The van der Waals surface area contributed by atoms with E-state index in [0.29, 0.717) is 18.0 Å². The maximum atomic E-state index is 5.44. The van der Waals surface area contributed by atoms with Crippen molar-refractivity contribution in [3.8, 4) is 17.2 Å². The first kappa shape index (κ1) is 15.6. The fraction of sp³-hybridized carbons (Fsp3) is 0.571. The van der Waals surface area contributed by atoms with E-state index in [9.17, 15) is 0 Å². The molecule has 0 saturated heterocycles. The molecule has 1 aromatic carbocycles. The number of rotatable bonds is 9. The van der Waals surface area contributed by atoms with Crippen molar-refractivity contribution in [1.82, 2.24) is 5.32 Å². The molecular weight excluding hydrogens is 244 g/mol. The van der Waals surface area contributed by atoms with Crippen LogP contribution in [0.15, 0.2) is 12.1 Å². The number of methoxy groups -OCH3 is 3. The monoisotopic (exact) mass is 268 g/mol. The lowest BCUT2D eigenvalue weighted by Crippen LogP contribution is -2.23. The summed E-state index contributed by atoms with van der Waals surface area (Å²) in [6, 6.07) is 3.92. The number of benzene rings is 1. The molecule has 0 aliphatic carbocycles. The molecule has 0 fully saturated rings. The Hall–Kier alpha value is -1.46. The Morgan fingerprint density at radius 2 is 1.74 bits per heavy atom. The van der Waals surface area contributed by atoms with Gasteiger partial charge in [-0.2, -0.15) is 0 Å². The van der Waals surface area contributed by atoms with E-state index in [4.69, 9.17) is 19.9 Å². The van der Waals surface area contributed by atoms with E-state index in [1.54, 1.807) is 21.3 Å². The van der Waals surface area contributed by atoms with Crippen molar-refractivity contribution in [3.63, 3.8) is 0 Å². The lowest BCUT2D eigenvalue weighted by atomic mass is 10.1. The molecule has 0 aromatic heterocycles. The first-order valence-corrected chi connectivity index (χ1v) is 6.47. The van der Waals surface area contributed by atoms with Crippen LogP contribution in [0.3, 0.4) is 0 Å². The summed E-state index contributed by atoms with van der Waals surface area (Å²) >= 11 is 0. The number of ether oxygens (including phenoxy) is 3. The second-order valence-corrected chi connectivity index (χ2v) is 4.14. The molecule has 0 aliphatic rings. The summed E-state index contributed by atoms with van der Waals surface area (Å²) in [6.45, 7) is 2.46. The molecule has 0 bridgehead atoms. The Bertz CT molecular complexity index is 383. The van der Waals surface area contributed by atoms with Crippen LogP contribution >= 0.6 is 0 Å². The zero-order valence-corrected chi connectivity index (χ0v) is 12.0. The van der Waals surface area contributed by atoms with Crippen LogP contribution in [0.4, 0.5) is 0 Å². The highest BCUT2D eigenvalue weighted by Gasteiger charge is 2.15. The van der Waals surface area contributed by atoms with Crippen molar-refractivity contribution in [2.24, 2.45) is 5.73 Å². The van der Waals surface area contributed by atoms with E-state index < -0.39 is 0 Å². The van der Waals surface area contributed by atoms with Crippen molar-refractivity contribution >= 4 is 0 Å². The minimum absolute atomic E-state index is 0.650. The van der Waals surface area contributed by atoms with Crippen LogP contribution in [0.5, 0.6) is 17.2 Å². The van der Waals surface area contributed by atoms with Gasteiger partial charge in [0, 0.05) is 13.1 Å². The highest BCUT2D eigenvalue weighted by molar-refractivity contribution is 5.55. The molecule has 0 aliphatic heterocycles. The first-order chi connectivity index (χ1) is 9.28. The van der Waals surface area contributed by atoms with Crippen molar-refractivity contribution in [3.05, 3.63) is 17.7 Å². The van der Waals surface area contributed by atoms with E-state index in [0.717, 1.165) is 37.2 Å². The maximum absolute atomic E-state index is 5.44. The Kier molecular flexibility index (Phi) is 7.07. The van der Waals surface area contributed by atoms with Crippen molar-refractivity contribution in [1.29, 1.82) is 0 Å². The van der Waals surface area contributed by atoms with Gasteiger partial charge in [0.1, 0.15) is 0 Å². The molecule has 3 N–H and O–H groups in total. The van der Waals surface area contributed by atoms with Gasteiger partial charge in [-0.3, -0.25) is 0 Å². The van der Waals surface area contributed by atoms with E-state index in [-0.39, 0.29) is 0 Å². The summed E-state index contributed by atoms with van der Waals surface area (Å²) < 4.78 is 16.1. The van der Waals surface area contributed by atoms with Crippen molar-refractivity contribution in [2.75, 3.05) is 41.0 Å². The SMILES string of the molecule is COc1ccc(CCCNCCN)c(OC)c1OC. The largest absolute Gasteiger partial charge is 0.493 e. The smallest absolute Gasteiger partial charge is 0.203 e. The highest BCUT2D eigenvalue weighted by Crippen LogP contribution is 2.40. The molecule has 0 spiro atoms. The van der Waals surface area contributed by atoms with Gasteiger partial charge in [-0.05, 0) is 31.0 Å². The van der Waals surface area contributed by atoms with Gasteiger partial charge in [0.25, 0.3) is 0 Å². The zero-order chi connectivity index (χ0) is 14.1. The average molecular weight is 268 g/mol. The third kappa shape index (κ3) is 4.29. The predicted octanol–water partition coefficient (Wildman–Crippen LogP) is 1.19. The second kappa shape index (κ2) is 8.61. The number of hydrogen-bond donors (Lipinski definition) is 2. The van der Waals surface area contributed by atoms with Crippen LogP contribution in [0.1, 0.15) is 12.0 Å².